The van der Waals surface area contributed by atoms with Crippen molar-refractivity contribution in [1.29, 1.82) is 0 Å². The molecule has 1 aliphatic carbocycles. The van der Waals surface area contributed by atoms with Crippen LogP contribution in [0.3, 0.4) is 0 Å². The third-order valence-electron chi connectivity index (χ3n) is 3.98. The second-order valence-corrected chi connectivity index (χ2v) is 5.49. The predicted octanol–water partition coefficient (Wildman–Crippen LogP) is 4.65. The van der Waals surface area contributed by atoms with Crippen LogP contribution in [0, 0.1) is 0 Å². The van der Waals surface area contributed by atoms with Crippen LogP contribution < -0.4 is 10.5 Å². The van der Waals surface area contributed by atoms with E-state index in [1.54, 1.807) is 0 Å². The molecule has 0 heterocycles. The first kappa shape index (κ1) is 13.0. The SMILES string of the molecule is Nc1ccccc1-c1ccc(OC2CCCCC2)cc1. The van der Waals surface area contributed by atoms with Crippen molar-refractivity contribution in [2.24, 2.45) is 0 Å². The number of ether oxygens (including phenoxy) is 1. The van der Waals surface area contributed by atoms with Crippen LogP contribution in [0.15, 0.2) is 48.5 Å². The standard InChI is InChI=1S/C18H21NO/c19-18-9-5-4-8-17(18)14-10-12-16(13-11-14)20-15-6-2-1-3-7-15/h4-5,8-13,15H,1-3,6-7,19H2. The van der Waals surface area contributed by atoms with Gasteiger partial charge in [0.05, 0.1) is 6.10 Å². The Morgan fingerprint density at radius 1 is 0.850 bits per heavy atom. The van der Waals surface area contributed by atoms with E-state index in [-0.39, 0.29) is 0 Å². The molecule has 2 heteroatoms. The van der Waals surface area contributed by atoms with E-state index in [1.807, 2.05) is 24.3 Å². The zero-order valence-corrected chi connectivity index (χ0v) is 11.7. The van der Waals surface area contributed by atoms with Crippen molar-refractivity contribution in [1.82, 2.24) is 0 Å². The molecule has 0 amide bonds. The van der Waals surface area contributed by atoms with Crippen LogP contribution >= 0.6 is 0 Å². The lowest BCUT2D eigenvalue weighted by Gasteiger charge is -2.23. The summed E-state index contributed by atoms with van der Waals surface area (Å²) < 4.78 is 6.05. The Balaban J connectivity index is 1.73. The van der Waals surface area contributed by atoms with E-state index in [4.69, 9.17) is 10.5 Å². The molecule has 0 radical (unpaired) electrons. The molecule has 1 fully saturated rings. The van der Waals surface area contributed by atoms with Gasteiger partial charge in [0.1, 0.15) is 5.75 Å². The number of para-hydroxylation sites is 1. The summed E-state index contributed by atoms with van der Waals surface area (Å²) >= 11 is 0. The van der Waals surface area contributed by atoms with Crippen LogP contribution in [0.25, 0.3) is 11.1 Å². The van der Waals surface area contributed by atoms with Crippen LogP contribution in [-0.4, -0.2) is 6.10 Å². The maximum atomic E-state index is 6.05. The molecule has 0 spiro atoms. The summed E-state index contributed by atoms with van der Waals surface area (Å²) in [6.45, 7) is 0. The molecular weight excluding hydrogens is 246 g/mol. The largest absolute Gasteiger partial charge is 0.490 e. The Kier molecular flexibility index (Phi) is 3.91. The van der Waals surface area contributed by atoms with Gasteiger partial charge in [-0.25, -0.2) is 0 Å². The molecule has 2 aromatic rings. The van der Waals surface area contributed by atoms with Crippen LogP contribution in [0.1, 0.15) is 32.1 Å². The van der Waals surface area contributed by atoms with Gasteiger partial charge >= 0.3 is 0 Å². The molecule has 3 rings (SSSR count). The number of rotatable bonds is 3. The summed E-state index contributed by atoms with van der Waals surface area (Å²) in [6, 6.07) is 16.2. The summed E-state index contributed by atoms with van der Waals surface area (Å²) in [7, 11) is 0. The van der Waals surface area contributed by atoms with Gasteiger partial charge in [0.15, 0.2) is 0 Å². The molecule has 2 nitrogen and oxygen atoms in total. The normalized spacial score (nSPS) is 16.0. The predicted molar refractivity (Wildman–Crippen MR) is 83.8 cm³/mol. The molecule has 2 N–H and O–H groups in total. The number of benzene rings is 2. The molecular formula is C18H21NO. The molecule has 0 saturated heterocycles. The van der Waals surface area contributed by atoms with Gasteiger partial charge in [0, 0.05) is 11.3 Å². The highest BCUT2D eigenvalue weighted by Gasteiger charge is 2.14. The minimum absolute atomic E-state index is 0.399. The third-order valence-corrected chi connectivity index (χ3v) is 3.98. The molecule has 1 saturated carbocycles. The van der Waals surface area contributed by atoms with Gasteiger partial charge < -0.3 is 10.5 Å². The van der Waals surface area contributed by atoms with Crippen molar-refractivity contribution in [2.75, 3.05) is 5.73 Å². The van der Waals surface area contributed by atoms with E-state index < -0.39 is 0 Å². The molecule has 0 bridgehead atoms. The Morgan fingerprint density at radius 2 is 1.55 bits per heavy atom. The van der Waals surface area contributed by atoms with E-state index in [9.17, 15) is 0 Å². The Hall–Kier alpha value is -1.96. The van der Waals surface area contributed by atoms with E-state index >= 15 is 0 Å². The van der Waals surface area contributed by atoms with E-state index in [0.717, 1.165) is 22.6 Å². The molecule has 104 valence electrons. The minimum Gasteiger partial charge on any atom is -0.490 e. The fraction of sp³-hybridized carbons (Fsp3) is 0.333. The first-order valence-electron chi connectivity index (χ1n) is 7.44. The van der Waals surface area contributed by atoms with Crippen LogP contribution in [0.5, 0.6) is 5.75 Å². The Bertz CT molecular complexity index is 556. The van der Waals surface area contributed by atoms with Gasteiger partial charge in [-0.05, 0) is 49.4 Å². The lowest BCUT2D eigenvalue weighted by Crippen LogP contribution is -2.19. The monoisotopic (exact) mass is 267 g/mol. The van der Waals surface area contributed by atoms with Crippen LogP contribution in [-0.2, 0) is 0 Å². The maximum Gasteiger partial charge on any atom is 0.119 e. The highest BCUT2D eigenvalue weighted by Crippen LogP contribution is 2.28. The molecule has 20 heavy (non-hydrogen) atoms. The maximum absolute atomic E-state index is 6.05. The van der Waals surface area contributed by atoms with Crippen LogP contribution in [0.2, 0.25) is 0 Å². The van der Waals surface area contributed by atoms with Crippen molar-refractivity contribution in [3.63, 3.8) is 0 Å². The number of nitrogen functional groups attached to an aromatic ring is 1. The topological polar surface area (TPSA) is 35.2 Å². The van der Waals surface area contributed by atoms with Gasteiger partial charge in [-0.1, -0.05) is 36.8 Å². The fourth-order valence-electron chi connectivity index (χ4n) is 2.85. The zero-order chi connectivity index (χ0) is 13.8. The van der Waals surface area contributed by atoms with Crippen molar-refractivity contribution in [3.8, 4) is 16.9 Å². The quantitative estimate of drug-likeness (QED) is 0.822. The average Bonchev–Trinajstić information content (AvgIpc) is 2.50. The minimum atomic E-state index is 0.399. The lowest BCUT2D eigenvalue weighted by molar-refractivity contribution is 0.155. The average molecular weight is 267 g/mol. The molecule has 0 aromatic heterocycles. The third kappa shape index (κ3) is 2.96. The lowest BCUT2D eigenvalue weighted by atomic mass is 9.98. The number of nitrogens with two attached hydrogens (primary N) is 1. The summed E-state index contributed by atoms with van der Waals surface area (Å²) in [5.74, 6) is 0.968. The van der Waals surface area contributed by atoms with Gasteiger partial charge in [0.2, 0.25) is 0 Å². The second-order valence-electron chi connectivity index (χ2n) is 5.49. The van der Waals surface area contributed by atoms with Gasteiger partial charge in [-0.2, -0.15) is 0 Å². The highest BCUT2D eigenvalue weighted by atomic mass is 16.5. The number of anilines is 1. The second kappa shape index (κ2) is 6.00. The highest BCUT2D eigenvalue weighted by molar-refractivity contribution is 5.76. The van der Waals surface area contributed by atoms with E-state index in [0.29, 0.717) is 6.10 Å². The van der Waals surface area contributed by atoms with Crippen molar-refractivity contribution in [2.45, 2.75) is 38.2 Å². The summed E-state index contributed by atoms with van der Waals surface area (Å²) in [4.78, 5) is 0. The van der Waals surface area contributed by atoms with Crippen molar-refractivity contribution in [3.05, 3.63) is 48.5 Å². The Labute approximate surface area is 120 Å². The first-order valence-corrected chi connectivity index (χ1v) is 7.44. The van der Waals surface area contributed by atoms with E-state index in [2.05, 4.69) is 24.3 Å². The summed E-state index contributed by atoms with van der Waals surface area (Å²) in [5, 5.41) is 0. The number of hydrogen-bond acceptors (Lipinski definition) is 2. The molecule has 2 aromatic carbocycles. The molecule has 1 aliphatic rings. The van der Waals surface area contributed by atoms with Gasteiger partial charge in [-0.3, -0.25) is 0 Å². The first-order chi connectivity index (χ1) is 9.83. The van der Waals surface area contributed by atoms with Crippen molar-refractivity contribution < 1.29 is 4.74 Å². The van der Waals surface area contributed by atoms with Crippen LogP contribution in [0.4, 0.5) is 5.69 Å². The van der Waals surface area contributed by atoms with E-state index in [1.165, 1.54) is 32.1 Å². The zero-order valence-electron chi connectivity index (χ0n) is 11.7. The molecule has 0 unspecified atom stereocenters. The van der Waals surface area contributed by atoms with Gasteiger partial charge in [0.25, 0.3) is 0 Å². The fourth-order valence-corrected chi connectivity index (χ4v) is 2.85. The Morgan fingerprint density at radius 3 is 2.25 bits per heavy atom. The molecule has 0 aliphatic heterocycles. The molecule has 0 atom stereocenters. The van der Waals surface area contributed by atoms with Crippen molar-refractivity contribution >= 4 is 5.69 Å². The van der Waals surface area contributed by atoms with Gasteiger partial charge in [-0.15, -0.1) is 0 Å². The number of hydrogen-bond donors (Lipinski definition) is 1. The summed E-state index contributed by atoms with van der Waals surface area (Å²) in [5.41, 5.74) is 9.04. The summed E-state index contributed by atoms with van der Waals surface area (Å²) in [6.07, 6.45) is 6.72. The smallest absolute Gasteiger partial charge is 0.119 e.